The Balaban J connectivity index is 1.57. The summed E-state index contributed by atoms with van der Waals surface area (Å²) in [5.41, 5.74) is 9.30. The minimum absolute atomic E-state index is 0.267. The maximum Gasteiger partial charge on any atom is 0.159 e. The molecule has 2 heterocycles. The Morgan fingerprint density at radius 1 is 0.889 bits per heavy atom. The Morgan fingerprint density at radius 2 is 1.70 bits per heavy atom. The minimum Gasteiger partial charge on any atom is -0.393 e. The van der Waals surface area contributed by atoms with Crippen LogP contribution in [-0.4, -0.2) is 15.0 Å². The van der Waals surface area contributed by atoms with Crippen molar-refractivity contribution in [1.29, 1.82) is 0 Å². The molecule has 0 unspecified atom stereocenters. The third kappa shape index (κ3) is 3.62. The molecule has 27 heavy (non-hydrogen) atoms. The van der Waals surface area contributed by atoms with Gasteiger partial charge in [-0.25, -0.2) is 14.4 Å². The summed E-state index contributed by atoms with van der Waals surface area (Å²) in [5.74, 6) is 0.745. The average molecular weight is 360 g/mol. The lowest BCUT2D eigenvalue weighted by atomic mass is 10.2. The Morgan fingerprint density at radius 3 is 2.56 bits per heavy atom. The molecule has 2 aromatic heterocycles. The molecule has 0 spiro atoms. The zero-order valence-electron chi connectivity index (χ0n) is 14.4. The molecule has 0 aliphatic rings. The van der Waals surface area contributed by atoms with Crippen LogP contribution in [0.5, 0.6) is 0 Å². The fraction of sp³-hybridized carbons (Fsp3) is 0.0500. The summed E-state index contributed by atoms with van der Waals surface area (Å²) >= 11 is 0. The Bertz CT molecular complexity index is 1080. The quantitative estimate of drug-likeness (QED) is 0.496. The highest BCUT2D eigenvalue weighted by Crippen LogP contribution is 2.29. The van der Waals surface area contributed by atoms with Gasteiger partial charge in [0.15, 0.2) is 11.6 Å². The van der Waals surface area contributed by atoms with Crippen molar-refractivity contribution in [2.75, 3.05) is 16.4 Å². The van der Waals surface area contributed by atoms with Gasteiger partial charge < -0.3 is 16.4 Å². The summed E-state index contributed by atoms with van der Waals surface area (Å²) in [5, 5.41) is 7.39. The molecule has 0 aliphatic carbocycles. The first kappa shape index (κ1) is 16.7. The number of hydrogen-bond donors (Lipinski definition) is 3. The number of nitrogens with one attached hydrogen (secondary N) is 2. The van der Waals surface area contributed by atoms with Crippen LogP contribution < -0.4 is 16.4 Å². The summed E-state index contributed by atoms with van der Waals surface area (Å²) in [6, 6.07) is 15.9. The van der Waals surface area contributed by atoms with Gasteiger partial charge in [0.05, 0.1) is 5.52 Å². The highest BCUT2D eigenvalue weighted by atomic mass is 19.1. The van der Waals surface area contributed by atoms with Crippen LogP contribution in [0.4, 0.5) is 27.4 Å². The lowest BCUT2D eigenvalue weighted by Crippen LogP contribution is -2.08. The maximum atomic E-state index is 13.0. The summed E-state index contributed by atoms with van der Waals surface area (Å²) in [6.07, 6.45) is 3.19. The number of benzene rings is 2. The van der Waals surface area contributed by atoms with E-state index in [2.05, 4.69) is 25.6 Å². The summed E-state index contributed by atoms with van der Waals surface area (Å²) < 4.78 is 13.0. The highest BCUT2D eigenvalue weighted by molar-refractivity contribution is 5.94. The SMILES string of the molecule is Nc1c(NCc2ccc(F)cc2)ncnc1Nc1cccc2ncccc12. The van der Waals surface area contributed by atoms with Crippen LogP contribution in [0, 0.1) is 5.82 Å². The van der Waals surface area contributed by atoms with Gasteiger partial charge in [-0.2, -0.15) is 0 Å². The third-order valence-corrected chi connectivity index (χ3v) is 4.16. The standard InChI is InChI=1S/C20H17FN6/c21-14-8-6-13(7-9-14)11-24-19-18(22)20(26-12-25-19)27-17-5-1-4-16-15(17)3-2-10-23-16/h1-10,12H,11,22H2,(H2,24,25,26,27). The van der Waals surface area contributed by atoms with Crippen molar-refractivity contribution in [3.63, 3.8) is 0 Å². The van der Waals surface area contributed by atoms with Gasteiger partial charge in [0.25, 0.3) is 0 Å². The van der Waals surface area contributed by atoms with Crippen LogP contribution in [0.15, 0.2) is 67.1 Å². The Labute approximate surface area is 155 Å². The maximum absolute atomic E-state index is 13.0. The third-order valence-electron chi connectivity index (χ3n) is 4.16. The molecule has 0 fully saturated rings. The number of nitrogens with two attached hydrogens (primary N) is 1. The van der Waals surface area contributed by atoms with Crippen LogP contribution in [0.25, 0.3) is 10.9 Å². The van der Waals surface area contributed by atoms with Crippen LogP contribution in [-0.2, 0) is 6.54 Å². The zero-order chi connectivity index (χ0) is 18.6. The van der Waals surface area contributed by atoms with E-state index in [0.717, 1.165) is 22.2 Å². The molecule has 0 aliphatic heterocycles. The molecule has 0 saturated heterocycles. The molecule has 4 aromatic rings. The molecular formula is C20H17FN6. The van der Waals surface area contributed by atoms with E-state index in [0.29, 0.717) is 23.9 Å². The van der Waals surface area contributed by atoms with Crippen LogP contribution in [0.1, 0.15) is 5.56 Å². The van der Waals surface area contributed by atoms with Gasteiger partial charge in [0.1, 0.15) is 17.8 Å². The number of nitrogen functional groups attached to an aromatic ring is 1. The molecular weight excluding hydrogens is 343 g/mol. The van der Waals surface area contributed by atoms with E-state index in [1.54, 1.807) is 18.3 Å². The number of aromatic nitrogens is 3. The van der Waals surface area contributed by atoms with Gasteiger partial charge in [-0.3, -0.25) is 4.98 Å². The Kier molecular flexibility index (Phi) is 4.49. The fourth-order valence-corrected chi connectivity index (χ4v) is 2.76. The molecule has 2 aromatic carbocycles. The van der Waals surface area contributed by atoms with Crippen molar-refractivity contribution in [2.45, 2.75) is 6.54 Å². The van der Waals surface area contributed by atoms with Crippen LogP contribution >= 0.6 is 0 Å². The lowest BCUT2D eigenvalue weighted by Gasteiger charge is -2.13. The largest absolute Gasteiger partial charge is 0.393 e. The number of nitrogens with zero attached hydrogens (tertiary/aromatic N) is 3. The van der Waals surface area contributed by atoms with Gasteiger partial charge in [-0.1, -0.05) is 18.2 Å². The molecule has 0 amide bonds. The molecule has 134 valence electrons. The van der Waals surface area contributed by atoms with Gasteiger partial charge in [0, 0.05) is 23.8 Å². The van der Waals surface area contributed by atoms with Crippen molar-refractivity contribution in [1.82, 2.24) is 15.0 Å². The van der Waals surface area contributed by atoms with Crippen LogP contribution in [0.2, 0.25) is 0 Å². The first-order chi connectivity index (χ1) is 13.2. The summed E-state index contributed by atoms with van der Waals surface area (Å²) in [7, 11) is 0. The normalized spacial score (nSPS) is 10.7. The van der Waals surface area contributed by atoms with Crippen LogP contribution in [0.3, 0.4) is 0 Å². The second-order valence-electron chi connectivity index (χ2n) is 5.97. The predicted octanol–water partition coefficient (Wildman–Crippen LogP) is 4.10. The van der Waals surface area contributed by atoms with E-state index in [-0.39, 0.29) is 5.82 Å². The number of pyridine rings is 1. The van der Waals surface area contributed by atoms with E-state index in [1.165, 1.54) is 18.5 Å². The van der Waals surface area contributed by atoms with E-state index < -0.39 is 0 Å². The zero-order valence-corrected chi connectivity index (χ0v) is 14.4. The van der Waals surface area contributed by atoms with Crippen molar-refractivity contribution >= 4 is 33.9 Å². The van der Waals surface area contributed by atoms with Gasteiger partial charge in [-0.05, 0) is 42.0 Å². The van der Waals surface area contributed by atoms with Gasteiger partial charge in [0.2, 0.25) is 0 Å². The molecule has 0 atom stereocenters. The van der Waals surface area contributed by atoms with Crippen molar-refractivity contribution in [3.05, 3.63) is 78.5 Å². The summed E-state index contributed by atoms with van der Waals surface area (Å²) in [6.45, 7) is 0.471. The minimum atomic E-state index is -0.267. The molecule has 4 rings (SSSR count). The number of rotatable bonds is 5. The van der Waals surface area contributed by atoms with Crippen molar-refractivity contribution in [2.24, 2.45) is 0 Å². The number of hydrogen-bond acceptors (Lipinski definition) is 6. The lowest BCUT2D eigenvalue weighted by molar-refractivity contribution is 0.627. The molecule has 7 heteroatoms. The fourth-order valence-electron chi connectivity index (χ4n) is 2.76. The second-order valence-corrected chi connectivity index (χ2v) is 5.97. The topological polar surface area (TPSA) is 88.8 Å². The van der Waals surface area contributed by atoms with E-state index in [4.69, 9.17) is 5.73 Å². The van der Waals surface area contributed by atoms with E-state index in [9.17, 15) is 4.39 Å². The van der Waals surface area contributed by atoms with E-state index in [1.807, 2.05) is 30.3 Å². The molecule has 0 saturated carbocycles. The van der Waals surface area contributed by atoms with Gasteiger partial charge in [-0.15, -0.1) is 0 Å². The molecule has 6 nitrogen and oxygen atoms in total. The highest BCUT2D eigenvalue weighted by Gasteiger charge is 2.10. The molecule has 0 radical (unpaired) electrons. The Hall–Kier alpha value is -3.74. The monoisotopic (exact) mass is 360 g/mol. The average Bonchev–Trinajstić information content (AvgIpc) is 2.70. The second kappa shape index (κ2) is 7.25. The summed E-state index contributed by atoms with van der Waals surface area (Å²) in [4.78, 5) is 12.8. The smallest absolute Gasteiger partial charge is 0.159 e. The first-order valence-electron chi connectivity index (χ1n) is 8.40. The van der Waals surface area contributed by atoms with Crippen molar-refractivity contribution < 1.29 is 4.39 Å². The number of fused-ring (bicyclic) bond motifs is 1. The van der Waals surface area contributed by atoms with Gasteiger partial charge >= 0.3 is 0 Å². The number of anilines is 4. The van der Waals surface area contributed by atoms with E-state index >= 15 is 0 Å². The molecule has 4 N–H and O–H groups in total. The predicted molar refractivity (Wildman–Crippen MR) is 105 cm³/mol. The molecule has 0 bridgehead atoms. The number of halogens is 1. The first-order valence-corrected chi connectivity index (χ1v) is 8.40. The van der Waals surface area contributed by atoms with Crippen molar-refractivity contribution in [3.8, 4) is 0 Å².